The first-order chi connectivity index (χ1) is 7.47. The average Bonchev–Trinajstić information content (AvgIpc) is 2.21. The lowest BCUT2D eigenvalue weighted by molar-refractivity contribution is -0.386. The van der Waals surface area contributed by atoms with Gasteiger partial charge < -0.3 is 10.8 Å². The average molecular weight is 232 g/mol. The van der Waals surface area contributed by atoms with E-state index in [1.807, 2.05) is 0 Å². The zero-order valence-electron chi connectivity index (χ0n) is 8.19. The number of hydrogen-bond donors (Lipinski definition) is 2. The number of nitrogens with zero attached hydrogens (tertiary/aromatic N) is 1. The Labute approximate surface area is 89.6 Å². The van der Waals surface area contributed by atoms with Crippen LogP contribution >= 0.6 is 0 Å². The van der Waals surface area contributed by atoms with Crippen LogP contribution in [0.3, 0.4) is 0 Å². The van der Waals surface area contributed by atoms with E-state index in [4.69, 9.17) is 5.73 Å². The second kappa shape index (κ2) is 4.95. The quantitative estimate of drug-likeness (QED) is 0.604. The van der Waals surface area contributed by atoms with Crippen LogP contribution in [-0.2, 0) is 0 Å². The number of rotatable bonds is 4. The minimum Gasteiger partial charge on any atom is -0.388 e. The summed E-state index contributed by atoms with van der Waals surface area (Å²) < 4.78 is 25.7. The fourth-order valence-corrected chi connectivity index (χ4v) is 1.29. The molecule has 0 saturated heterocycles. The van der Waals surface area contributed by atoms with Gasteiger partial charge in [-0.25, -0.2) is 8.78 Å². The first kappa shape index (κ1) is 12.5. The largest absolute Gasteiger partial charge is 0.388 e. The number of hydrogen-bond acceptors (Lipinski definition) is 4. The van der Waals surface area contributed by atoms with Crippen LogP contribution in [0.5, 0.6) is 0 Å². The maximum absolute atomic E-state index is 12.9. The van der Waals surface area contributed by atoms with Crippen LogP contribution in [0.1, 0.15) is 18.1 Å². The van der Waals surface area contributed by atoms with Gasteiger partial charge in [-0.15, -0.1) is 0 Å². The van der Waals surface area contributed by atoms with Gasteiger partial charge in [-0.1, -0.05) is 0 Å². The van der Waals surface area contributed by atoms with Crippen LogP contribution < -0.4 is 5.73 Å². The Hall–Kier alpha value is -1.60. The second-order valence-corrected chi connectivity index (χ2v) is 3.18. The first-order valence-electron chi connectivity index (χ1n) is 4.48. The SMILES string of the molecule is NCC[C@@H](O)c1cc(F)c(F)cc1[N+](=O)[O-]. The van der Waals surface area contributed by atoms with Crippen molar-refractivity contribution in [2.75, 3.05) is 6.54 Å². The van der Waals surface area contributed by atoms with E-state index in [-0.39, 0.29) is 18.5 Å². The fraction of sp³-hybridized carbons (Fsp3) is 0.333. The predicted octanol–water partition coefficient (Wildman–Crippen LogP) is 1.26. The lowest BCUT2D eigenvalue weighted by atomic mass is 10.0. The minimum atomic E-state index is -1.32. The number of nitro groups is 1. The van der Waals surface area contributed by atoms with E-state index >= 15 is 0 Å². The van der Waals surface area contributed by atoms with Gasteiger partial charge in [-0.3, -0.25) is 10.1 Å². The monoisotopic (exact) mass is 232 g/mol. The second-order valence-electron chi connectivity index (χ2n) is 3.18. The maximum Gasteiger partial charge on any atom is 0.278 e. The minimum absolute atomic E-state index is 0.0336. The summed E-state index contributed by atoms with van der Waals surface area (Å²) in [6, 6.07) is 1.07. The summed E-state index contributed by atoms with van der Waals surface area (Å²) in [4.78, 5) is 9.69. The highest BCUT2D eigenvalue weighted by Crippen LogP contribution is 2.29. The maximum atomic E-state index is 12.9. The number of aliphatic hydroxyl groups is 1. The van der Waals surface area contributed by atoms with Gasteiger partial charge in [0.25, 0.3) is 5.69 Å². The van der Waals surface area contributed by atoms with Crippen molar-refractivity contribution < 1.29 is 18.8 Å². The van der Waals surface area contributed by atoms with E-state index in [1.165, 1.54) is 0 Å². The Morgan fingerprint density at radius 3 is 2.50 bits per heavy atom. The molecule has 0 fully saturated rings. The van der Waals surface area contributed by atoms with Crippen molar-refractivity contribution in [3.8, 4) is 0 Å². The van der Waals surface area contributed by atoms with Gasteiger partial charge >= 0.3 is 0 Å². The molecule has 0 aromatic heterocycles. The van der Waals surface area contributed by atoms with Crippen LogP contribution in [0.4, 0.5) is 14.5 Å². The third-order valence-corrected chi connectivity index (χ3v) is 2.07. The highest BCUT2D eigenvalue weighted by molar-refractivity contribution is 5.42. The molecule has 0 bridgehead atoms. The molecule has 7 heteroatoms. The van der Waals surface area contributed by atoms with Crippen molar-refractivity contribution >= 4 is 5.69 Å². The smallest absolute Gasteiger partial charge is 0.278 e. The van der Waals surface area contributed by atoms with Crippen LogP contribution in [-0.4, -0.2) is 16.6 Å². The van der Waals surface area contributed by atoms with E-state index in [0.717, 1.165) is 0 Å². The summed E-state index contributed by atoms with van der Waals surface area (Å²) >= 11 is 0. The van der Waals surface area contributed by atoms with Gasteiger partial charge in [0.1, 0.15) is 0 Å². The number of nitro benzene ring substituents is 1. The molecule has 16 heavy (non-hydrogen) atoms. The van der Waals surface area contributed by atoms with Crippen molar-refractivity contribution in [1.29, 1.82) is 0 Å². The van der Waals surface area contributed by atoms with E-state index in [9.17, 15) is 24.0 Å². The van der Waals surface area contributed by atoms with Crippen molar-refractivity contribution in [3.05, 3.63) is 39.4 Å². The van der Waals surface area contributed by atoms with Crippen LogP contribution in [0.15, 0.2) is 12.1 Å². The molecule has 0 spiro atoms. The molecule has 0 heterocycles. The molecule has 3 N–H and O–H groups in total. The molecule has 0 amide bonds. The lowest BCUT2D eigenvalue weighted by Crippen LogP contribution is -2.09. The zero-order chi connectivity index (χ0) is 12.3. The van der Waals surface area contributed by atoms with Crippen LogP contribution in [0, 0.1) is 21.7 Å². The third-order valence-electron chi connectivity index (χ3n) is 2.07. The number of aliphatic hydroxyl groups excluding tert-OH is 1. The van der Waals surface area contributed by atoms with Crippen molar-refractivity contribution in [2.24, 2.45) is 5.73 Å². The fourth-order valence-electron chi connectivity index (χ4n) is 1.29. The molecule has 0 saturated carbocycles. The van der Waals surface area contributed by atoms with Gasteiger partial charge in [0, 0.05) is 0 Å². The van der Waals surface area contributed by atoms with Gasteiger partial charge in [0.05, 0.1) is 22.7 Å². The molecular formula is C9H10F2N2O3. The van der Waals surface area contributed by atoms with Gasteiger partial charge in [-0.2, -0.15) is 0 Å². The summed E-state index contributed by atoms with van der Waals surface area (Å²) in [5.41, 5.74) is 4.24. The summed E-state index contributed by atoms with van der Waals surface area (Å²) in [5, 5.41) is 20.1. The Kier molecular flexibility index (Phi) is 3.86. The summed E-state index contributed by atoms with van der Waals surface area (Å²) in [7, 11) is 0. The molecule has 0 aliphatic carbocycles. The third kappa shape index (κ3) is 2.50. The molecule has 0 aliphatic heterocycles. The first-order valence-corrected chi connectivity index (χ1v) is 4.48. The summed E-state index contributed by atoms with van der Waals surface area (Å²) in [6.45, 7) is 0.0807. The number of nitrogens with two attached hydrogens (primary N) is 1. The lowest BCUT2D eigenvalue weighted by Gasteiger charge is -2.10. The van der Waals surface area contributed by atoms with E-state index in [2.05, 4.69) is 0 Å². The molecule has 1 atom stereocenters. The summed E-state index contributed by atoms with van der Waals surface area (Å²) in [5.74, 6) is -2.56. The highest BCUT2D eigenvalue weighted by atomic mass is 19.2. The molecule has 0 radical (unpaired) electrons. The van der Waals surface area contributed by atoms with Crippen molar-refractivity contribution in [3.63, 3.8) is 0 Å². The Bertz CT molecular complexity index is 412. The molecule has 1 aromatic carbocycles. The molecule has 1 aromatic rings. The Morgan fingerprint density at radius 1 is 1.44 bits per heavy atom. The molecule has 88 valence electrons. The number of benzene rings is 1. The summed E-state index contributed by atoms with van der Waals surface area (Å²) in [6.07, 6.45) is -1.24. The molecule has 0 aliphatic rings. The molecule has 0 unspecified atom stereocenters. The number of halogens is 2. The van der Waals surface area contributed by atoms with E-state index < -0.39 is 28.3 Å². The Morgan fingerprint density at radius 2 is 2.00 bits per heavy atom. The predicted molar refractivity (Wildman–Crippen MR) is 51.6 cm³/mol. The van der Waals surface area contributed by atoms with Crippen LogP contribution in [0.25, 0.3) is 0 Å². The van der Waals surface area contributed by atoms with E-state index in [0.29, 0.717) is 12.1 Å². The molecule has 1 rings (SSSR count). The Balaban J connectivity index is 3.24. The van der Waals surface area contributed by atoms with Gasteiger partial charge in [0.2, 0.25) is 0 Å². The van der Waals surface area contributed by atoms with Crippen molar-refractivity contribution in [2.45, 2.75) is 12.5 Å². The molecular weight excluding hydrogens is 222 g/mol. The zero-order valence-corrected chi connectivity index (χ0v) is 8.19. The van der Waals surface area contributed by atoms with Gasteiger partial charge in [0.15, 0.2) is 11.6 Å². The topological polar surface area (TPSA) is 89.4 Å². The van der Waals surface area contributed by atoms with E-state index in [1.54, 1.807) is 0 Å². The standard InChI is InChI=1S/C9H10F2N2O3/c10-6-3-5(9(14)1-2-12)8(13(15)16)4-7(6)11/h3-4,9,14H,1-2,12H2/t9-/m1/s1. The highest BCUT2D eigenvalue weighted by Gasteiger charge is 2.23. The van der Waals surface area contributed by atoms with Crippen LogP contribution in [0.2, 0.25) is 0 Å². The van der Waals surface area contributed by atoms with Gasteiger partial charge in [-0.05, 0) is 19.0 Å². The normalized spacial score (nSPS) is 12.5. The van der Waals surface area contributed by atoms with Crippen molar-refractivity contribution in [1.82, 2.24) is 0 Å². The molecule has 5 nitrogen and oxygen atoms in total.